The molecule has 9 nitrogen and oxygen atoms in total. The van der Waals surface area contributed by atoms with Crippen LogP contribution in [0, 0.1) is 0 Å². The molecule has 242 valence electrons. The predicted molar refractivity (Wildman–Crippen MR) is 181 cm³/mol. The second kappa shape index (κ2) is 17.0. The number of hydrogen-bond donors (Lipinski definition) is 1. The zero-order valence-corrected chi connectivity index (χ0v) is 26.9. The topological polar surface area (TPSA) is 91.8 Å². The Morgan fingerprint density at radius 2 is 1.17 bits per heavy atom. The lowest BCUT2D eigenvalue weighted by molar-refractivity contribution is 0.0647. The number of aliphatic hydroxyl groups excluding tert-OH is 1. The normalized spacial score (nSPS) is 11.6. The second-order valence-corrected chi connectivity index (χ2v) is 11.1. The monoisotopic (exact) mass is 625 g/mol. The van der Waals surface area contributed by atoms with Gasteiger partial charge in [0.25, 0.3) is 0 Å². The van der Waals surface area contributed by atoms with E-state index < -0.39 is 18.3 Å². The van der Waals surface area contributed by atoms with Gasteiger partial charge in [0, 0.05) is 44.5 Å². The van der Waals surface area contributed by atoms with Crippen molar-refractivity contribution in [3.8, 4) is 5.75 Å². The molecule has 0 aromatic heterocycles. The maximum atomic E-state index is 12.1. The van der Waals surface area contributed by atoms with Crippen LogP contribution in [0.15, 0.2) is 109 Å². The van der Waals surface area contributed by atoms with E-state index in [2.05, 4.69) is 17.0 Å². The summed E-state index contributed by atoms with van der Waals surface area (Å²) in [6.45, 7) is 1.97. The highest BCUT2D eigenvalue weighted by Gasteiger charge is 2.21. The SMILES string of the molecule is COC(=O)N(C)c1ccc(C(CCN(Cc2ccccc2)C[C@H](O)COc2ccccc2)c2ccc(N(C)C(=O)OC)cc2)cc1. The van der Waals surface area contributed by atoms with E-state index >= 15 is 0 Å². The molecule has 4 aromatic carbocycles. The molecule has 0 aliphatic rings. The van der Waals surface area contributed by atoms with Crippen molar-refractivity contribution in [3.63, 3.8) is 0 Å². The first-order valence-electron chi connectivity index (χ1n) is 15.2. The van der Waals surface area contributed by atoms with E-state index in [0.29, 0.717) is 19.6 Å². The molecule has 0 aliphatic carbocycles. The van der Waals surface area contributed by atoms with E-state index in [-0.39, 0.29) is 12.5 Å². The van der Waals surface area contributed by atoms with Crippen LogP contribution in [0.5, 0.6) is 5.75 Å². The van der Waals surface area contributed by atoms with Gasteiger partial charge in [-0.05, 0) is 66.1 Å². The molecule has 0 radical (unpaired) electrons. The van der Waals surface area contributed by atoms with E-state index in [1.165, 1.54) is 24.0 Å². The Balaban J connectivity index is 1.57. The highest BCUT2D eigenvalue weighted by atomic mass is 16.5. The number of aliphatic hydroxyl groups is 1. The zero-order chi connectivity index (χ0) is 32.9. The molecule has 0 bridgehead atoms. The van der Waals surface area contributed by atoms with Gasteiger partial charge in [-0.1, -0.05) is 72.8 Å². The molecule has 0 spiro atoms. The molecule has 0 saturated carbocycles. The Morgan fingerprint density at radius 3 is 1.65 bits per heavy atom. The van der Waals surface area contributed by atoms with Crippen LogP contribution in [0.4, 0.5) is 21.0 Å². The third-order valence-corrected chi connectivity index (χ3v) is 7.90. The number of anilines is 2. The second-order valence-electron chi connectivity index (χ2n) is 11.1. The van der Waals surface area contributed by atoms with Crippen molar-refractivity contribution < 1.29 is 28.9 Å². The summed E-state index contributed by atoms with van der Waals surface area (Å²) in [7, 11) is 6.05. The Kier molecular flexibility index (Phi) is 12.6. The average Bonchev–Trinajstić information content (AvgIpc) is 3.10. The first kappa shape index (κ1) is 34.0. The van der Waals surface area contributed by atoms with Gasteiger partial charge < -0.3 is 19.3 Å². The summed E-state index contributed by atoms with van der Waals surface area (Å²) in [5, 5.41) is 11.0. The van der Waals surface area contributed by atoms with Gasteiger partial charge in [0.1, 0.15) is 18.5 Å². The van der Waals surface area contributed by atoms with Crippen molar-refractivity contribution in [3.05, 3.63) is 126 Å². The van der Waals surface area contributed by atoms with Crippen LogP contribution in [-0.2, 0) is 16.0 Å². The molecule has 1 atom stereocenters. The summed E-state index contributed by atoms with van der Waals surface area (Å²) in [5.41, 5.74) is 4.74. The number of benzene rings is 4. The average molecular weight is 626 g/mol. The fourth-order valence-electron chi connectivity index (χ4n) is 5.32. The maximum Gasteiger partial charge on any atom is 0.413 e. The molecular weight excluding hydrogens is 582 g/mol. The summed E-state index contributed by atoms with van der Waals surface area (Å²) in [6.07, 6.45) is -0.831. The van der Waals surface area contributed by atoms with E-state index in [9.17, 15) is 14.7 Å². The van der Waals surface area contributed by atoms with Gasteiger partial charge in [-0.3, -0.25) is 14.7 Å². The van der Waals surface area contributed by atoms with Crippen molar-refractivity contribution in [2.45, 2.75) is 25.0 Å². The smallest absolute Gasteiger partial charge is 0.413 e. The van der Waals surface area contributed by atoms with E-state index in [0.717, 1.165) is 40.2 Å². The highest BCUT2D eigenvalue weighted by molar-refractivity contribution is 5.87. The molecule has 46 heavy (non-hydrogen) atoms. The van der Waals surface area contributed by atoms with Gasteiger partial charge in [0.05, 0.1) is 14.2 Å². The third kappa shape index (κ3) is 9.57. The van der Waals surface area contributed by atoms with Crippen molar-refractivity contribution in [2.24, 2.45) is 0 Å². The van der Waals surface area contributed by atoms with Crippen LogP contribution in [0.3, 0.4) is 0 Å². The third-order valence-electron chi connectivity index (χ3n) is 7.90. The Labute approximate surface area is 271 Å². The van der Waals surface area contributed by atoms with Crippen molar-refractivity contribution in [1.29, 1.82) is 0 Å². The van der Waals surface area contributed by atoms with Crippen molar-refractivity contribution >= 4 is 23.6 Å². The van der Waals surface area contributed by atoms with Crippen LogP contribution >= 0.6 is 0 Å². The number of para-hydroxylation sites is 1. The van der Waals surface area contributed by atoms with Crippen LogP contribution in [-0.4, -0.2) is 76.3 Å². The van der Waals surface area contributed by atoms with Crippen molar-refractivity contribution in [2.75, 3.05) is 57.8 Å². The Hall–Kier alpha value is -4.86. The van der Waals surface area contributed by atoms with Gasteiger partial charge in [-0.2, -0.15) is 0 Å². The molecule has 4 aromatic rings. The molecular formula is C37H43N3O6. The van der Waals surface area contributed by atoms with Crippen LogP contribution < -0.4 is 14.5 Å². The molecule has 4 rings (SSSR count). The molecule has 2 amide bonds. The molecule has 1 N–H and O–H groups in total. The molecule has 9 heteroatoms. The van der Waals surface area contributed by atoms with Gasteiger partial charge in [0.15, 0.2) is 0 Å². The summed E-state index contributed by atoms with van der Waals surface area (Å²) >= 11 is 0. The maximum absolute atomic E-state index is 12.1. The zero-order valence-electron chi connectivity index (χ0n) is 26.9. The first-order valence-corrected chi connectivity index (χ1v) is 15.2. The Morgan fingerprint density at radius 1 is 0.696 bits per heavy atom. The number of methoxy groups -OCH3 is 2. The number of rotatable bonds is 14. The summed E-state index contributed by atoms with van der Waals surface area (Å²) in [6, 6.07) is 35.4. The fraction of sp³-hybridized carbons (Fsp3) is 0.297. The van der Waals surface area contributed by atoms with Gasteiger partial charge in [-0.25, -0.2) is 9.59 Å². The molecule has 0 saturated heterocycles. The lowest BCUT2D eigenvalue weighted by atomic mass is 9.88. The molecule has 0 heterocycles. The van der Waals surface area contributed by atoms with Crippen LogP contribution in [0.2, 0.25) is 0 Å². The standard InChI is InChI=1S/C37H43N3O6/c1-38(36(42)44-3)31-19-15-29(16-20-31)35(30-17-21-32(22-18-30)39(2)37(43)45-4)23-24-40(25-28-11-7-5-8-12-28)26-33(41)27-46-34-13-9-6-10-14-34/h5-22,33,35,41H,23-27H2,1-4H3/t33-/m0/s1. The summed E-state index contributed by atoms with van der Waals surface area (Å²) < 4.78 is 15.6. The van der Waals surface area contributed by atoms with Gasteiger partial charge in [0.2, 0.25) is 0 Å². The first-order chi connectivity index (χ1) is 22.3. The number of amides is 2. The number of ether oxygens (including phenoxy) is 3. The number of carbonyl (C=O) groups excluding carboxylic acids is 2. The van der Waals surface area contributed by atoms with Gasteiger partial charge in [-0.15, -0.1) is 0 Å². The molecule has 0 unspecified atom stereocenters. The quantitative estimate of drug-likeness (QED) is 0.170. The van der Waals surface area contributed by atoms with E-state index in [1.807, 2.05) is 97.1 Å². The lowest BCUT2D eigenvalue weighted by Crippen LogP contribution is -2.36. The van der Waals surface area contributed by atoms with Gasteiger partial charge >= 0.3 is 12.2 Å². The molecule has 0 fully saturated rings. The Bertz CT molecular complexity index is 1430. The number of nitrogens with zero attached hydrogens (tertiary/aromatic N) is 3. The highest BCUT2D eigenvalue weighted by Crippen LogP contribution is 2.31. The van der Waals surface area contributed by atoms with Crippen LogP contribution in [0.25, 0.3) is 0 Å². The minimum Gasteiger partial charge on any atom is -0.491 e. The largest absolute Gasteiger partial charge is 0.491 e. The lowest BCUT2D eigenvalue weighted by Gasteiger charge is -2.28. The summed E-state index contributed by atoms with van der Waals surface area (Å²) in [5.74, 6) is 0.713. The predicted octanol–water partition coefficient (Wildman–Crippen LogP) is 6.56. The van der Waals surface area contributed by atoms with Crippen molar-refractivity contribution in [1.82, 2.24) is 4.90 Å². The van der Waals surface area contributed by atoms with Crippen LogP contribution in [0.1, 0.15) is 29.0 Å². The fourth-order valence-corrected chi connectivity index (χ4v) is 5.32. The number of carbonyl (C=O) groups is 2. The van der Waals surface area contributed by atoms with E-state index in [4.69, 9.17) is 14.2 Å². The van der Waals surface area contributed by atoms with E-state index in [1.54, 1.807) is 14.1 Å². The molecule has 0 aliphatic heterocycles. The number of hydrogen-bond acceptors (Lipinski definition) is 7. The summed E-state index contributed by atoms with van der Waals surface area (Å²) in [4.78, 5) is 29.3. The minimum absolute atomic E-state index is 0.00838. The minimum atomic E-state index is -0.691.